The van der Waals surface area contributed by atoms with E-state index in [0.717, 1.165) is 11.6 Å². The lowest BCUT2D eigenvalue weighted by molar-refractivity contribution is -0.143. The predicted octanol–water partition coefficient (Wildman–Crippen LogP) is 0.815. The van der Waals surface area contributed by atoms with Crippen molar-refractivity contribution < 1.29 is 13.2 Å². The van der Waals surface area contributed by atoms with Crippen molar-refractivity contribution in [2.75, 3.05) is 26.2 Å². The first-order valence-corrected chi connectivity index (χ1v) is 7.97. The van der Waals surface area contributed by atoms with Gasteiger partial charge in [0.05, 0.1) is 6.54 Å². The number of aliphatic imine (C=N–C) groups is 1. The van der Waals surface area contributed by atoms with Crippen molar-refractivity contribution >= 4 is 5.96 Å². The lowest BCUT2D eigenvalue weighted by Crippen LogP contribution is -2.45. The molecule has 0 radical (unpaired) electrons. The molecule has 0 saturated carbocycles. The van der Waals surface area contributed by atoms with Gasteiger partial charge in [-0.2, -0.15) is 13.2 Å². The van der Waals surface area contributed by atoms with Gasteiger partial charge in [0.1, 0.15) is 12.4 Å². The fourth-order valence-electron chi connectivity index (χ4n) is 2.60. The van der Waals surface area contributed by atoms with Crippen LogP contribution in [0.4, 0.5) is 13.2 Å². The molecular weight excluding hydrogens is 323 g/mol. The molecule has 1 aromatic heterocycles. The van der Waals surface area contributed by atoms with Gasteiger partial charge in [-0.3, -0.25) is 4.90 Å². The molecule has 2 heterocycles. The number of nitrogens with zero attached hydrogens (tertiary/aromatic N) is 5. The van der Waals surface area contributed by atoms with Crippen molar-refractivity contribution in [2.24, 2.45) is 12.0 Å². The number of aromatic nitrogens is 3. The van der Waals surface area contributed by atoms with Gasteiger partial charge in [-0.1, -0.05) is 0 Å². The Kier molecular flexibility index (Phi) is 6.03. The summed E-state index contributed by atoms with van der Waals surface area (Å²) >= 11 is 0. The predicted molar refractivity (Wildman–Crippen MR) is 84.6 cm³/mol. The molecule has 0 bridgehead atoms. The maximum absolute atomic E-state index is 12.5. The van der Waals surface area contributed by atoms with E-state index in [2.05, 4.69) is 25.8 Å². The number of hydrogen-bond acceptors (Lipinski definition) is 4. The van der Waals surface area contributed by atoms with Gasteiger partial charge in [-0.05, 0) is 20.3 Å². The molecule has 1 fully saturated rings. The Hall–Kier alpha value is -1.84. The Morgan fingerprint density at radius 1 is 1.38 bits per heavy atom. The summed E-state index contributed by atoms with van der Waals surface area (Å²) in [4.78, 5) is 5.86. The minimum atomic E-state index is -4.16. The number of rotatable bonds is 5. The average molecular weight is 347 g/mol. The van der Waals surface area contributed by atoms with Crippen LogP contribution < -0.4 is 10.6 Å². The lowest BCUT2D eigenvalue weighted by atomic mass is 10.3. The van der Waals surface area contributed by atoms with E-state index >= 15 is 0 Å². The van der Waals surface area contributed by atoms with Crippen LogP contribution in [0.3, 0.4) is 0 Å². The molecule has 2 rings (SSSR count). The first-order valence-electron chi connectivity index (χ1n) is 7.97. The van der Waals surface area contributed by atoms with Gasteiger partial charge in [-0.25, -0.2) is 4.99 Å². The van der Waals surface area contributed by atoms with Gasteiger partial charge < -0.3 is 15.2 Å². The largest absolute Gasteiger partial charge is 0.401 e. The zero-order valence-electron chi connectivity index (χ0n) is 14.2. The van der Waals surface area contributed by atoms with Crippen molar-refractivity contribution in [1.29, 1.82) is 0 Å². The first kappa shape index (κ1) is 18.5. The molecule has 0 spiro atoms. The second-order valence-corrected chi connectivity index (χ2v) is 5.90. The Balaban J connectivity index is 1.91. The Morgan fingerprint density at radius 2 is 2.12 bits per heavy atom. The summed E-state index contributed by atoms with van der Waals surface area (Å²) in [7, 11) is 1.87. The molecule has 0 amide bonds. The highest BCUT2D eigenvalue weighted by atomic mass is 19.4. The summed E-state index contributed by atoms with van der Waals surface area (Å²) in [6.07, 6.45) is -3.50. The third-order valence-corrected chi connectivity index (χ3v) is 3.92. The van der Waals surface area contributed by atoms with E-state index < -0.39 is 12.7 Å². The SMILES string of the molecule is CCNC(=NCc1nnc(C)n1C)NC1CCN(CC(F)(F)F)C1. The van der Waals surface area contributed by atoms with E-state index in [0.29, 0.717) is 38.6 Å². The van der Waals surface area contributed by atoms with Crippen LogP contribution in [0.15, 0.2) is 4.99 Å². The third-order valence-electron chi connectivity index (χ3n) is 3.92. The maximum atomic E-state index is 12.5. The fourth-order valence-corrected chi connectivity index (χ4v) is 2.60. The second kappa shape index (κ2) is 7.82. The molecule has 1 aliphatic heterocycles. The van der Waals surface area contributed by atoms with Crippen molar-refractivity contribution in [3.63, 3.8) is 0 Å². The van der Waals surface area contributed by atoms with E-state index in [1.54, 1.807) is 0 Å². The molecule has 1 saturated heterocycles. The molecular formula is C14H24F3N7. The van der Waals surface area contributed by atoms with Crippen molar-refractivity contribution in [1.82, 2.24) is 30.3 Å². The lowest BCUT2D eigenvalue weighted by Gasteiger charge is -2.19. The van der Waals surface area contributed by atoms with Crippen molar-refractivity contribution in [3.05, 3.63) is 11.6 Å². The highest BCUT2D eigenvalue weighted by Crippen LogP contribution is 2.19. The molecule has 1 atom stereocenters. The van der Waals surface area contributed by atoms with Crippen LogP contribution >= 0.6 is 0 Å². The van der Waals surface area contributed by atoms with Crippen LogP contribution in [-0.4, -0.2) is 64.0 Å². The van der Waals surface area contributed by atoms with E-state index in [9.17, 15) is 13.2 Å². The van der Waals surface area contributed by atoms with E-state index in [-0.39, 0.29) is 6.04 Å². The smallest absolute Gasteiger partial charge is 0.357 e. The van der Waals surface area contributed by atoms with Crippen LogP contribution in [0, 0.1) is 6.92 Å². The molecule has 1 unspecified atom stereocenters. The van der Waals surface area contributed by atoms with Crippen molar-refractivity contribution in [2.45, 2.75) is 39.0 Å². The average Bonchev–Trinajstić information content (AvgIpc) is 3.03. The standard InChI is InChI=1S/C14H24F3N7/c1-4-18-13(19-7-12-22-21-10(2)23(12)3)20-11-5-6-24(8-11)9-14(15,16)17/h11H,4-9H2,1-3H3,(H2,18,19,20). The van der Waals surface area contributed by atoms with Gasteiger partial charge in [0.2, 0.25) is 0 Å². The van der Waals surface area contributed by atoms with Crippen LogP contribution in [-0.2, 0) is 13.6 Å². The number of aryl methyl sites for hydroxylation is 1. The number of guanidine groups is 1. The zero-order chi connectivity index (χ0) is 17.7. The normalized spacial score (nSPS) is 19.8. The summed E-state index contributed by atoms with van der Waals surface area (Å²) in [6.45, 7) is 4.74. The van der Waals surface area contributed by atoms with Crippen LogP contribution in [0.25, 0.3) is 0 Å². The molecule has 136 valence electrons. The summed E-state index contributed by atoms with van der Waals surface area (Å²) in [6, 6.07) is -0.0496. The number of likely N-dealkylation sites (tertiary alicyclic amines) is 1. The molecule has 1 aromatic rings. The number of nitrogens with one attached hydrogen (secondary N) is 2. The highest BCUT2D eigenvalue weighted by molar-refractivity contribution is 5.80. The quantitative estimate of drug-likeness (QED) is 0.609. The topological polar surface area (TPSA) is 70.4 Å². The molecule has 10 heteroatoms. The highest BCUT2D eigenvalue weighted by Gasteiger charge is 2.34. The minimum Gasteiger partial charge on any atom is -0.357 e. The molecule has 24 heavy (non-hydrogen) atoms. The van der Waals surface area contributed by atoms with Gasteiger partial charge in [0, 0.05) is 32.7 Å². The van der Waals surface area contributed by atoms with Gasteiger partial charge in [0.15, 0.2) is 11.8 Å². The first-order chi connectivity index (χ1) is 11.3. The number of alkyl halides is 3. The van der Waals surface area contributed by atoms with E-state index in [1.807, 2.05) is 25.5 Å². The Labute approximate surface area is 139 Å². The minimum absolute atomic E-state index is 0.0496. The molecule has 2 N–H and O–H groups in total. The summed E-state index contributed by atoms with van der Waals surface area (Å²) in [5.41, 5.74) is 0. The Morgan fingerprint density at radius 3 is 2.71 bits per heavy atom. The number of halogens is 3. The number of hydrogen-bond donors (Lipinski definition) is 2. The van der Waals surface area contributed by atoms with E-state index in [4.69, 9.17) is 0 Å². The van der Waals surface area contributed by atoms with Crippen molar-refractivity contribution in [3.8, 4) is 0 Å². The van der Waals surface area contributed by atoms with Gasteiger partial charge in [0.25, 0.3) is 0 Å². The Bertz CT molecular complexity index is 567. The third kappa shape index (κ3) is 5.36. The summed E-state index contributed by atoms with van der Waals surface area (Å²) < 4.78 is 39.2. The molecule has 0 aromatic carbocycles. The molecule has 1 aliphatic rings. The van der Waals surface area contributed by atoms with Crippen LogP contribution in [0.5, 0.6) is 0 Å². The fraction of sp³-hybridized carbons (Fsp3) is 0.786. The van der Waals surface area contributed by atoms with Crippen LogP contribution in [0.2, 0.25) is 0 Å². The van der Waals surface area contributed by atoms with Crippen LogP contribution in [0.1, 0.15) is 25.0 Å². The van der Waals surface area contributed by atoms with Gasteiger partial charge in [-0.15, -0.1) is 10.2 Å². The molecule has 0 aliphatic carbocycles. The maximum Gasteiger partial charge on any atom is 0.401 e. The molecule has 7 nitrogen and oxygen atoms in total. The van der Waals surface area contributed by atoms with E-state index in [1.165, 1.54) is 4.90 Å². The van der Waals surface area contributed by atoms with Gasteiger partial charge >= 0.3 is 6.18 Å². The summed E-state index contributed by atoms with van der Waals surface area (Å²) in [5.74, 6) is 2.11. The summed E-state index contributed by atoms with van der Waals surface area (Å²) in [5, 5.41) is 14.3. The monoisotopic (exact) mass is 347 g/mol. The second-order valence-electron chi connectivity index (χ2n) is 5.90. The zero-order valence-corrected chi connectivity index (χ0v) is 14.2.